The Balaban J connectivity index is 2.12. The summed E-state index contributed by atoms with van der Waals surface area (Å²) < 4.78 is 0. The predicted molar refractivity (Wildman–Crippen MR) is 87.4 cm³/mol. The van der Waals surface area contributed by atoms with Crippen LogP contribution in [-0.2, 0) is 17.8 Å². The molecule has 0 radical (unpaired) electrons. The molecule has 1 aromatic heterocycles. The molecule has 4 heteroatoms. The minimum absolute atomic E-state index is 0.794. The predicted octanol–water partition coefficient (Wildman–Crippen LogP) is 4.62. The van der Waals surface area contributed by atoms with E-state index in [1.54, 1.807) is 23.1 Å². The number of thiazole rings is 1. The number of benzene rings is 1. The lowest BCUT2D eigenvalue weighted by Crippen LogP contribution is -2.15. The van der Waals surface area contributed by atoms with Crippen LogP contribution < -0.4 is 0 Å². The van der Waals surface area contributed by atoms with Gasteiger partial charge >= 0.3 is 0 Å². The highest BCUT2D eigenvalue weighted by Gasteiger charge is 2.24. The van der Waals surface area contributed by atoms with E-state index in [4.69, 9.17) is 4.98 Å². The van der Waals surface area contributed by atoms with Crippen LogP contribution in [0.3, 0.4) is 0 Å². The van der Waals surface area contributed by atoms with Crippen molar-refractivity contribution in [1.82, 2.24) is 4.98 Å². The molecule has 1 aromatic carbocycles. The van der Waals surface area contributed by atoms with Crippen molar-refractivity contribution in [3.8, 4) is 0 Å². The van der Waals surface area contributed by atoms with E-state index in [0.29, 0.717) is 0 Å². The molecule has 20 heavy (non-hydrogen) atoms. The van der Waals surface area contributed by atoms with Crippen LogP contribution in [0.4, 0.5) is 0 Å². The van der Waals surface area contributed by atoms with Crippen molar-refractivity contribution in [1.29, 1.82) is 0 Å². The van der Waals surface area contributed by atoms with Gasteiger partial charge in [-0.05, 0) is 32.4 Å². The minimum atomic E-state index is -0.794. The summed E-state index contributed by atoms with van der Waals surface area (Å²) in [5.74, 6) is 0.863. The van der Waals surface area contributed by atoms with Crippen molar-refractivity contribution >= 4 is 23.1 Å². The standard InChI is InChI=1S/C16H21NOS2/c1-4-8-13-15(16(2,3)18)20-14(17-13)11-19-12-9-6-5-7-10-12/h5-7,9-10,18H,4,8,11H2,1-3H3. The summed E-state index contributed by atoms with van der Waals surface area (Å²) in [5.41, 5.74) is 0.270. The molecule has 0 unspecified atom stereocenters. The smallest absolute Gasteiger partial charge is 0.103 e. The lowest BCUT2D eigenvalue weighted by Gasteiger charge is -2.16. The van der Waals surface area contributed by atoms with Gasteiger partial charge in [0.25, 0.3) is 0 Å². The molecule has 2 nitrogen and oxygen atoms in total. The summed E-state index contributed by atoms with van der Waals surface area (Å²) in [6.45, 7) is 5.83. The fourth-order valence-corrected chi connectivity index (χ4v) is 4.03. The van der Waals surface area contributed by atoms with Crippen LogP contribution in [0, 0.1) is 0 Å². The monoisotopic (exact) mass is 307 g/mol. The topological polar surface area (TPSA) is 33.1 Å². The quantitative estimate of drug-likeness (QED) is 0.791. The van der Waals surface area contributed by atoms with Gasteiger partial charge in [-0.25, -0.2) is 4.98 Å². The van der Waals surface area contributed by atoms with Gasteiger partial charge in [0.2, 0.25) is 0 Å². The van der Waals surface area contributed by atoms with Gasteiger partial charge in [0.1, 0.15) is 5.01 Å². The molecule has 108 valence electrons. The van der Waals surface area contributed by atoms with Crippen LogP contribution in [0.25, 0.3) is 0 Å². The average Bonchev–Trinajstić information content (AvgIpc) is 2.81. The molecule has 0 aliphatic carbocycles. The molecule has 1 heterocycles. The van der Waals surface area contributed by atoms with E-state index in [0.717, 1.165) is 34.2 Å². The van der Waals surface area contributed by atoms with Crippen LogP contribution in [-0.4, -0.2) is 10.1 Å². The normalized spacial score (nSPS) is 11.8. The van der Waals surface area contributed by atoms with Crippen LogP contribution >= 0.6 is 23.1 Å². The largest absolute Gasteiger partial charge is 0.385 e. The first-order chi connectivity index (χ1) is 9.50. The van der Waals surface area contributed by atoms with E-state index in [9.17, 15) is 5.11 Å². The summed E-state index contributed by atoms with van der Waals surface area (Å²) in [6.07, 6.45) is 1.99. The number of aliphatic hydroxyl groups is 1. The molecule has 0 saturated heterocycles. The summed E-state index contributed by atoms with van der Waals surface area (Å²) in [7, 11) is 0. The molecular weight excluding hydrogens is 286 g/mol. The van der Waals surface area contributed by atoms with E-state index in [-0.39, 0.29) is 0 Å². The fraction of sp³-hybridized carbons (Fsp3) is 0.438. The van der Waals surface area contributed by atoms with E-state index in [1.165, 1.54) is 4.90 Å². The zero-order chi connectivity index (χ0) is 14.6. The highest BCUT2D eigenvalue weighted by Crippen LogP contribution is 2.33. The third-order valence-corrected chi connectivity index (χ3v) is 5.51. The molecule has 2 aromatic rings. The summed E-state index contributed by atoms with van der Waals surface area (Å²) in [4.78, 5) is 6.99. The number of aryl methyl sites for hydroxylation is 1. The molecule has 0 spiro atoms. The number of hydrogen-bond donors (Lipinski definition) is 1. The number of aromatic nitrogens is 1. The van der Waals surface area contributed by atoms with Gasteiger partial charge in [-0.15, -0.1) is 23.1 Å². The van der Waals surface area contributed by atoms with Crippen LogP contribution in [0.5, 0.6) is 0 Å². The Morgan fingerprint density at radius 2 is 1.95 bits per heavy atom. The summed E-state index contributed by atoms with van der Waals surface area (Å²) in [5, 5.41) is 11.4. The fourth-order valence-electron chi connectivity index (χ4n) is 2.01. The molecule has 0 fully saturated rings. The molecule has 0 atom stereocenters. The second kappa shape index (κ2) is 6.74. The number of nitrogens with zero attached hydrogens (tertiary/aromatic N) is 1. The first-order valence-corrected chi connectivity index (χ1v) is 8.70. The van der Waals surface area contributed by atoms with Gasteiger partial charge in [0.15, 0.2) is 0 Å². The van der Waals surface area contributed by atoms with E-state index in [2.05, 4.69) is 31.2 Å². The van der Waals surface area contributed by atoms with Gasteiger partial charge in [0, 0.05) is 4.90 Å². The Kier molecular flexibility index (Phi) is 5.24. The Morgan fingerprint density at radius 1 is 1.25 bits per heavy atom. The lowest BCUT2D eigenvalue weighted by atomic mass is 10.0. The molecule has 0 aliphatic rings. The molecule has 1 N–H and O–H groups in total. The van der Waals surface area contributed by atoms with E-state index < -0.39 is 5.60 Å². The van der Waals surface area contributed by atoms with Crippen molar-refractivity contribution in [3.05, 3.63) is 45.9 Å². The van der Waals surface area contributed by atoms with Crippen molar-refractivity contribution in [2.75, 3.05) is 0 Å². The second-order valence-electron chi connectivity index (χ2n) is 5.29. The molecule has 0 bridgehead atoms. The maximum atomic E-state index is 10.3. The third kappa shape index (κ3) is 4.08. The van der Waals surface area contributed by atoms with Gasteiger partial charge in [-0.3, -0.25) is 0 Å². The summed E-state index contributed by atoms with van der Waals surface area (Å²) in [6, 6.07) is 10.4. The first kappa shape index (κ1) is 15.5. The van der Waals surface area contributed by atoms with Crippen molar-refractivity contribution < 1.29 is 5.11 Å². The van der Waals surface area contributed by atoms with Crippen LogP contribution in [0.15, 0.2) is 35.2 Å². The lowest BCUT2D eigenvalue weighted by molar-refractivity contribution is 0.0813. The summed E-state index contributed by atoms with van der Waals surface area (Å²) >= 11 is 3.43. The van der Waals surface area contributed by atoms with E-state index in [1.807, 2.05) is 19.9 Å². The Morgan fingerprint density at radius 3 is 2.55 bits per heavy atom. The zero-order valence-electron chi connectivity index (χ0n) is 12.2. The molecule has 2 rings (SSSR count). The Bertz CT molecular complexity index is 543. The molecular formula is C16H21NOS2. The van der Waals surface area contributed by atoms with Gasteiger partial charge in [-0.2, -0.15) is 0 Å². The van der Waals surface area contributed by atoms with E-state index >= 15 is 0 Å². The zero-order valence-corrected chi connectivity index (χ0v) is 13.9. The number of hydrogen-bond acceptors (Lipinski definition) is 4. The van der Waals surface area contributed by atoms with Gasteiger partial charge < -0.3 is 5.11 Å². The average molecular weight is 307 g/mol. The molecule has 0 amide bonds. The highest BCUT2D eigenvalue weighted by molar-refractivity contribution is 7.98. The minimum Gasteiger partial charge on any atom is -0.385 e. The number of rotatable bonds is 6. The number of thioether (sulfide) groups is 1. The SMILES string of the molecule is CCCc1nc(CSc2ccccc2)sc1C(C)(C)O. The van der Waals surface area contributed by atoms with Crippen molar-refractivity contribution in [2.24, 2.45) is 0 Å². The Labute approximate surface area is 129 Å². The van der Waals surface area contributed by atoms with Gasteiger partial charge in [-0.1, -0.05) is 31.5 Å². The maximum Gasteiger partial charge on any atom is 0.103 e. The second-order valence-corrected chi connectivity index (χ2v) is 7.43. The maximum absolute atomic E-state index is 10.3. The van der Waals surface area contributed by atoms with Crippen molar-refractivity contribution in [2.45, 2.75) is 49.9 Å². The first-order valence-electron chi connectivity index (χ1n) is 6.90. The third-order valence-electron chi connectivity index (χ3n) is 2.89. The van der Waals surface area contributed by atoms with Crippen LogP contribution in [0.2, 0.25) is 0 Å². The highest BCUT2D eigenvalue weighted by atomic mass is 32.2. The molecule has 0 saturated carbocycles. The van der Waals surface area contributed by atoms with Gasteiger partial charge in [0.05, 0.1) is 21.9 Å². The Hall–Kier alpha value is -0.840. The van der Waals surface area contributed by atoms with Crippen LogP contribution in [0.1, 0.15) is 42.8 Å². The molecule has 0 aliphatic heterocycles. The van der Waals surface area contributed by atoms with Crippen molar-refractivity contribution in [3.63, 3.8) is 0 Å².